The average Bonchev–Trinajstić information content (AvgIpc) is 2.87. The van der Waals surface area contributed by atoms with Crippen molar-refractivity contribution in [1.29, 1.82) is 0 Å². The highest BCUT2D eigenvalue weighted by Crippen LogP contribution is 2.21. The third kappa shape index (κ3) is 3.54. The topological polar surface area (TPSA) is 83.8 Å². The van der Waals surface area contributed by atoms with Gasteiger partial charge in [-0.1, -0.05) is 0 Å². The van der Waals surface area contributed by atoms with Gasteiger partial charge < -0.3 is 5.32 Å². The number of rotatable bonds is 6. The van der Waals surface area contributed by atoms with Crippen LogP contribution in [0.5, 0.6) is 0 Å². The molecule has 0 saturated heterocycles. The summed E-state index contributed by atoms with van der Waals surface area (Å²) in [6.45, 7) is 2.57. The molecule has 1 aromatic heterocycles. The molecule has 0 spiro atoms. The van der Waals surface area contributed by atoms with Gasteiger partial charge in [0.05, 0.1) is 11.1 Å². The van der Waals surface area contributed by atoms with E-state index in [1.807, 2.05) is 12.4 Å². The molecule has 2 aromatic rings. The Labute approximate surface area is 111 Å². The second-order valence-electron chi connectivity index (χ2n) is 4.40. The number of aromatic amines is 1. The lowest BCUT2D eigenvalue weighted by Gasteiger charge is -2.07. The van der Waals surface area contributed by atoms with Crippen molar-refractivity contribution in [2.24, 2.45) is 0 Å². The quantitative estimate of drug-likeness (QED) is 0.475. The Bertz CT molecular complexity index is 552. The first-order valence-corrected chi connectivity index (χ1v) is 6.13. The standard InChI is InChI=1S/C13H16N4O2/c1-10-7-12(4-5-13(10)17(18)19)14-6-2-3-11-8-15-16-9-11/h4-5,7-9,14H,2-3,6H2,1H3,(H,15,16). The third-order valence-corrected chi connectivity index (χ3v) is 2.92. The van der Waals surface area contributed by atoms with Crippen LogP contribution in [0.3, 0.4) is 0 Å². The molecular weight excluding hydrogens is 244 g/mol. The van der Waals surface area contributed by atoms with Gasteiger partial charge in [-0.15, -0.1) is 0 Å². The van der Waals surface area contributed by atoms with E-state index in [-0.39, 0.29) is 10.6 Å². The molecule has 0 unspecified atom stereocenters. The Morgan fingerprint density at radius 3 is 2.95 bits per heavy atom. The lowest BCUT2D eigenvalue weighted by Crippen LogP contribution is -2.03. The summed E-state index contributed by atoms with van der Waals surface area (Å²) < 4.78 is 0. The second-order valence-corrected chi connectivity index (χ2v) is 4.40. The summed E-state index contributed by atoms with van der Waals surface area (Å²) in [5.41, 5.74) is 2.92. The van der Waals surface area contributed by atoms with E-state index < -0.39 is 0 Å². The summed E-state index contributed by atoms with van der Waals surface area (Å²) in [6.07, 6.45) is 5.64. The largest absolute Gasteiger partial charge is 0.385 e. The minimum absolute atomic E-state index is 0.156. The number of hydrogen-bond donors (Lipinski definition) is 2. The molecule has 0 radical (unpaired) electrons. The van der Waals surface area contributed by atoms with Crippen LogP contribution in [0, 0.1) is 17.0 Å². The van der Waals surface area contributed by atoms with E-state index in [4.69, 9.17) is 0 Å². The molecule has 0 bridgehead atoms. The normalized spacial score (nSPS) is 10.4. The average molecular weight is 260 g/mol. The lowest BCUT2D eigenvalue weighted by atomic mass is 10.1. The number of hydrogen-bond acceptors (Lipinski definition) is 4. The number of nitrogens with one attached hydrogen (secondary N) is 2. The summed E-state index contributed by atoms with van der Waals surface area (Å²) in [5, 5.41) is 20.6. The number of aromatic nitrogens is 2. The number of nitrogens with zero attached hydrogens (tertiary/aromatic N) is 2. The third-order valence-electron chi connectivity index (χ3n) is 2.92. The number of H-pyrrole nitrogens is 1. The molecular formula is C13H16N4O2. The Kier molecular flexibility index (Phi) is 4.12. The first-order valence-electron chi connectivity index (χ1n) is 6.13. The Morgan fingerprint density at radius 2 is 2.32 bits per heavy atom. The van der Waals surface area contributed by atoms with E-state index >= 15 is 0 Å². The zero-order valence-electron chi connectivity index (χ0n) is 10.7. The van der Waals surface area contributed by atoms with Crippen molar-refractivity contribution in [3.05, 3.63) is 51.8 Å². The van der Waals surface area contributed by atoms with Crippen LogP contribution in [0.4, 0.5) is 11.4 Å². The van der Waals surface area contributed by atoms with Crippen molar-refractivity contribution >= 4 is 11.4 Å². The molecule has 6 nitrogen and oxygen atoms in total. The van der Waals surface area contributed by atoms with E-state index in [2.05, 4.69) is 15.5 Å². The molecule has 0 saturated carbocycles. The maximum Gasteiger partial charge on any atom is 0.272 e. The number of benzene rings is 1. The van der Waals surface area contributed by atoms with Crippen LogP contribution < -0.4 is 5.32 Å². The van der Waals surface area contributed by atoms with Crippen LogP contribution in [0.25, 0.3) is 0 Å². The minimum atomic E-state index is -0.363. The monoisotopic (exact) mass is 260 g/mol. The molecule has 0 fully saturated rings. The molecule has 0 aliphatic heterocycles. The highest BCUT2D eigenvalue weighted by Gasteiger charge is 2.09. The van der Waals surface area contributed by atoms with Crippen LogP contribution in [0.2, 0.25) is 0 Å². The van der Waals surface area contributed by atoms with Crippen LogP contribution >= 0.6 is 0 Å². The van der Waals surface area contributed by atoms with Gasteiger partial charge in [-0.05, 0) is 37.5 Å². The van der Waals surface area contributed by atoms with E-state index in [0.29, 0.717) is 5.56 Å². The molecule has 0 aliphatic carbocycles. The summed E-state index contributed by atoms with van der Waals surface area (Å²) >= 11 is 0. The summed E-state index contributed by atoms with van der Waals surface area (Å²) in [4.78, 5) is 10.3. The van der Waals surface area contributed by atoms with Crippen LogP contribution in [0.1, 0.15) is 17.5 Å². The molecule has 2 rings (SSSR count). The Hall–Kier alpha value is -2.37. The number of nitro benzene ring substituents is 1. The Balaban J connectivity index is 1.83. The van der Waals surface area contributed by atoms with Crippen molar-refractivity contribution in [2.45, 2.75) is 19.8 Å². The van der Waals surface area contributed by atoms with Gasteiger partial charge in [-0.2, -0.15) is 5.10 Å². The predicted molar refractivity (Wildman–Crippen MR) is 73.2 cm³/mol. The van der Waals surface area contributed by atoms with Crippen LogP contribution in [-0.2, 0) is 6.42 Å². The number of aryl methyl sites for hydroxylation is 2. The molecule has 0 atom stereocenters. The zero-order valence-corrected chi connectivity index (χ0v) is 10.7. The van der Waals surface area contributed by atoms with E-state index in [1.165, 1.54) is 11.6 Å². The first kappa shape index (κ1) is 13.1. The van der Waals surface area contributed by atoms with Crippen molar-refractivity contribution in [3.63, 3.8) is 0 Å². The maximum absolute atomic E-state index is 10.7. The van der Waals surface area contributed by atoms with Gasteiger partial charge in [-0.25, -0.2) is 0 Å². The summed E-state index contributed by atoms with van der Waals surface area (Å²) in [7, 11) is 0. The van der Waals surface area contributed by atoms with Gasteiger partial charge in [0, 0.05) is 30.1 Å². The summed E-state index contributed by atoms with van der Waals surface area (Å²) in [6, 6.07) is 5.08. The molecule has 100 valence electrons. The minimum Gasteiger partial charge on any atom is -0.385 e. The predicted octanol–water partition coefficient (Wildman–Crippen LogP) is 2.67. The van der Waals surface area contributed by atoms with E-state index in [0.717, 1.165) is 25.1 Å². The molecule has 0 amide bonds. The van der Waals surface area contributed by atoms with Crippen molar-refractivity contribution < 1.29 is 4.92 Å². The van der Waals surface area contributed by atoms with Gasteiger partial charge in [0.15, 0.2) is 0 Å². The fourth-order valence-electron chi connectivity index (χ4n) is 1.91. The Morgan fingerprint density at radius 1 is 1.47 bits per heavy atom. The highest BCUT2D eigenvalue weighted by atomic mass is 16.6. The highest BCUT2D eigenvalue weighted by molar-refractivity contribution is 5.53. The van der Waals surface area contributed by atoms with E-state index in [1.54, 1.807) is 19.1 Å². The lowest BCUT2D eigenvalue weighted by molar-refractivity contribution is -0.385. The van der Waals surface area contributed by atoms with Gasteiger partial charge >= 0.3 is 0 Å². The van der Waals surface area contributed by atoms with Gasteiger partial charge in [0.25, 0.3) is 5.69 Å². The molecule has 6 heteroatoms. The van der Waals surface area contributed by atoms with Crippen molar-refractivity contribution in [1.82, 2.24) is 10.2 Å². The molecule has 19 heavy (non-hydrogen) atoms. The molecule has 1 heterocycles. The smallest absolute Gasteiger partial charge is 0.272 e. The van der Waals surface area contributed by atoms with Crippen molar-refractivity contribution in [2.75, 3.05) is 11.9 Å². The maximum atomic E-state index is 10.7. The van der Waals surface area contributed by atoms with Gasteiger partial charge in [0.1, 0.15) is 0 Å². The number of anilines is 1. The number of nitro groups is 1. The van der Waals surface area contributed by atoms with Crippen LogP contribution in [0.15, 0.2) is 30.6 Å². The fraction of sp³-hybridized carbons (Fsp3) is 0.308. The van der Waals surface area contributed by atoms with Gasteiger partial charge in [0.2, 0.25) is 0 Å². The SMILES string of the molecule is Cc1cc(NCCCc2cn[nH]c2)ccc1[N+](=O)[O-]. The molecule has 1 aromatic carbocycles. The molecule has 0 aliphatic rings. The van der Waals surface area contributed by atoms with Crippen molar-refractivity contribution in [3.8, 4) is 0 Å². The first-order chi connectivity index (χ1) is 9.16. The fourth-order valence-corrected chi connectivity index (χ4v) is 1.91. The van der Waals surface area contributed by atoms with Gasteiger partial charge in [-0.3, -0.25) is 15.2 Å². The second kappa shape index (κ2) is 5.99. The van der Waals surface area contributed by atoms with E-state index in [9.17, 15) is 10.1 Å². The van der Waals surface area contributed by atoms with Crippen LogP contribution in [-0.4, -0.2) is 21.7 Å². The molecule has 2 N–H and O–H groups in total. The zero-order chi connectivity index (χ0) is 13.7. The summed E-state index contributed by atoms with van der Waals surface area (Å²) in [5.74, 6) is 0.